The second-order valence-electron chi connectivity index (χ2n) is 5.18. The smallest absolute Gasteiger partial charge is 0.380 e. The quantitative estimate of drug-likeness (QED) is 0.828. The van der Waals surface area contributed by atoms with E-state index in [4.69, 9.17) is 11.6 Å². The summed E-state index contributed by atoms with van der Waals surface area (Å²) < 4.78 is 39.2. The van der Waals surface area contributed by atoms with Gasteiger partial charge in [-0.05, 0) is 36.1 Å². The first-order valence-corrected chi connectivity index (χ1v) is 7.02. The molecule has 1 aliphatic carbocycles. The molecule has 0 unspecified atom stereocenters. The van der Waals surface area contributed by atoms with Gasteiger partial charge in [-0.3, -0.25) is 0 Å². The van der Waals surface area contributed by atoms with Gasteiger partial charge in [0.05, 0.1) is 16.3 Å². The Kier molecular flexibility index (Phi) is 3.57. The molecule has 0 heterocycles. The maximum absolute atomic E-state index is 13.1. The van der Waals surface area contributed by atoms with Crippen molar-refractivity contribution in [3.05, 3.63) is 64.2 Å². The van der Waals surface area contributed by atoms with E-state index < -0.39 is 11.7 Å². The van der Waals surface area contributed by atoms with Gasteiger partial charge in [-0.15, -0.1) is 0 Å². The number of nitrogens with one attached hydrogen (secondary N) is 1. The molecule has 1 nitrogen and oxygen atoms in total. The molecule has 21 heavy (non-hydrogen) atoms. The Morgan fingerprint density at radius 2 is 1.57 bits per heavy atom. The molecule has 0 saturated carbocycles. The average molecular weight is 312 g/mol. The van der Waals surface area contributed by atoms with Crippen molar-refractivity contribution in [2.45, 2.75) is 25.1 Å². The number of para-hydroxylation sites is 1. The molecule has 5 heteroatoms. The Balaban J connectivity index is 1.87. The molecule has 0 fully saturated rings. The van der Waals surface area contributed by atoms with Crippen LogP contribution in [0.2, 0.25) is 5.02 Å². The lowest BCUT2D eigenvalue weighted by Crippen LogP contribution is -2.22. The highest BCUT2D eigenvalue weighted by molar-refractivity contribution is 6.33. The lowest BCUT2D eigenvalue weighted by atomic mass is 10.1. The summed E-state index contributed by atoms with van der Waals surface area (Å²) in [5.74, 6) is 0. The molecular formula is C16H13ClF3N. The number of benzene rings is 2. The summed E-state index contributed by atoms with van der Waals surface area (Å²) in [5.41, 5.74) is 1.61. The van der Waals surface area contributed by atoms with E-state index in [9.17, 15) is 13.2 Å². The summed E-state index contributed by atoms with van der Waals surface area (Å²) in [4.78, 5) is 0. The number of hydrogen-bond donors (Lipinski definition) is 1. The van der Waals surface area contributed by atoms with E-state index in [1.807, 2.05) is 24.3 Å². The first-order valence-electron chi connectivity index (χ1n) is 6.64. The van der Waals surface area contributed by atoms with Crippen LogP contribution in [-0.2, 0) is 19.0 Å². The van der Waals surface area contributed by atoms with Gasteiger partial charge >= 0.3 is 6.18 Å². The van der Waals surface area contributed by atoms with Crippen molar-refractivity contribution in [2.75, 3.05) is 5.32 Å². The molecule has 2 aromatic carbocycles. The number of anilines is 1. The first kappa shape index (κ1) is 14.3. The number of alkyl halides is 3. The fourth-order valence-corrected chi connectivity index (χ4v) is 3.00. The van der Waals surface area contributed by atoms with Crippen LogP contribution in [0.1, 0.15) is 16.7 Å². The van der Waals surface area contributed by atoms with E-state index in [1.54, 1.807) is 0 Å². The monoisotopic (exact) mass is 311 g/mol. The van der Waals surface area contributed by atoms with E-state index in [0.717, 1.165) is 6.07 Å². The second-order valence-corrected chi connectivity index (χ2v) is 5.59. The lowest BCUT2D eigenvalue weighted by Gasteiger charge is -2.20. The van der Waals surface area contributed by atoms with Crippen LogP contribution in [0.5, 0.6) is 0 Å². The van der Waals surface area contributed by atoms with Crippen molar-refractivity contribution in [3.63, 3.8) is 0 Å². The normalized spacial score (nSPS) is 15.0. The Bertz CT molecular complexity index is 642. The van der Waals surface area contributed by atoms with Gasteiger partial charge in [-0.2, -0.15) is 13.2 Å². The first-order chi connectivity index (χ1) is 9.95. The highest BCUT2D eigenvalue weighted by atomic mass is 35.5. The number of rotatable bonds is 2. The van der Waals surface area contributed by atoms with Crippen molar-refractivity contribution in [2.24, 2.45) is 0 Å². The summed E-state index contributed by atoms with van der Waals surface area (Å²) in [6.45, 7) is 0. The van der Waals surface area contributed by atoms with Crippen molar-refractivity contribution in [1.29, 1.82) is 0 Å². The van der Waals surface area contributed by atoms with Gasteiger partial charge in [-0.25, -0.2) is 0 Å². The standard InChI is InChI=1S/C16H13ClF3N/c17-14-7-3-6-13(16(18,19)20)15(14)21-12-8-10-4-1-2-5-11(10)9-12/h1-7,12,21H,8-9H2. The third kappa shape index (κ3) is 2.86. The van der Waals surface area contributed by atoms with Gasteiger partial charge in [0.1, 0.15) is 0 Å². The summed E-state index contributed by atoms with van der Waals surface area (Å²) in [6.07, 6.45) is -3.00. The zero-order chi connectivity index (χ0) is 15.0. The Morgan fingerprint density at radius 3 is 2.14 bits per heavy atom. The highest BCUT2D eigenvalue weighted by Crippen LogP contribution is 2.39. The molecule has 0 aromatic heterocycles. The maximum Gasteiger partial charge on any atom is 0.418 e. The zero-order valence-corrected chi connectivity index (χ0v) is 11.8. The largest absolute Gasteiger partial charge is 0.418 e. The molecule has 3 rings (SSSR count). The van der Waals surface area contributed by atoms with E-state index in [-0.39, 0.29) is 16.8 Å². The molecule has 0 saturated heterocycles. The number of hydrogen-bond acceptors (Lipinski definition) is 1. The third-order valence-corrected chi connectivity index (χ3v) is 4.03. The Morgan fingerprint density at radius 1 is 0.952 bits per heavy atom. The van der Waals surface area contributed by atoms with Gasteiger partial charge in [0.2, 0.25) is 0 Å². The molecule has 1 N–H and O–H groups in total. The molecule has 0 amide bonds. The van der Waals surface area contributed by atoms with E-state index in [0.29, 0.717) is 12.8 Å². The van der Waals surface area contributed by atoms with E-state index in [1.165, 1.54) is 23.3 Å². The SMILES string of the molecule is FC(F)(F)c1cccc(Cl)c1NC1Cc2ccccc2C1. The summed E-state index contributed by atoms with van der Waals surface area (Å²) in [7, 11) is 0. The van der Waals surface area contributed by atoms with Crippen molar-refractivity contribution in [3.8, 4) is 0 Å². The third-order valence-electron chi connectivity index (χ3n) is 3.72. The minimum absolute atomic E-state index is 0.0236. The van der Waals surface area contributed by atoms with E-state index >= 15 is 0 Å². The highest BCUT2D eigenvalue weighted by Gasteiger charge is 2.35. The van der Waals surface area contributed by atoms with Crippen LogP contribution in [0, 0.1) is 0 Å². The molecule has 0 aliphatic heterocycles. The topological polar surface area (TPSA) is 12.0 Å². The van der Waals surface area contributed by atoms with Crippen LogP contribution in [0.3, 0.4) is 0 Å². The molecule has 0 bridgehead atoms. The minimum atomic E-state index is -4.42. The average Bonchev–Trinajstić information content (AvgIpc) is 2.82. The minimum Gasteiger partial charge on any atom is -0.380 e. The molecule has 0 radical (unpaired) electrons. The second kappa shape index (κ2) is 5.26. The van der Waals surface area contributed by atoms with E-state index in [2.05, 4.69) is 5.32 Å². The number of halogens is 4. The molecular weight excluding hydrogens is 299 g/mol. The summed E-state index contributed by atoms with van der Waals surface area (Å²) >= 11 is 5.96. The van der Waals surface area contributed by atoms with Crippen molar-refractivity contribution < 1.29 is 13.2 Å². The zero-order valence-electron chi connectivity index (χ0n) is 11.0. The van der Waals surface area contributed by atoms with Crippen LogP contribution in [0.25, 0.3) is 0 Å². The van der Waals surface area contributed by atoms with Crippen molar-refractivity contribution >= 4 is 17.3 Å². The van der Waals surface area contributed by atoms with Crippen LogP contribution in [-0.4, -0.2) is 6.04 Å². The van der Waals surface area contributed by atoms with Crippen LogP contribution in [0.15, 0.2) is 42.5 Å². The fourth-order valence-electron chi connectivity index (χ4n) is 2.77. The summed E-state index contributed by atoms with van der Waals surface area (Å²) in [5, 5.41) is 3.08. The lowest BCUT2D eigenvalue weighted by molar-refractivity contribution is -0.137. The van der Waals surface area contributed by atoms with Gasteiger partial charge in [0.25, 0.3) is 0 Å². The molecule has 0 atom stereocenters. The van der Waals surface area contributed by atoms with Gasteiger partial charge < -0.3 is 5.32 Å². The van der Waals surface area contributed by atoms with Gasteiger partial charge in [0.15, 0.2) is 0 Å². The molecule has 110 valence electrons. The molecule has 1 aliphatic rings. The molecule has 2 aromatic rings. The van der Waals surface area contributed by atoms with Crippen LogP contribution in [0.4, 0.5) is 18.9 Å². The fraction of sp³-hybridized carbons (Fsp3) is 0.250. The maximum atomic E-state index is 13.1. The Hall–Kier alpha value is -1.68. The number of fused-ring (bicyclic) bond motifs is 1. The van der Waals surface area contributed by atoms with Crippen LogP contribution >= 0.6 is 11.6 Å². The predicted molar refractivity (Wildman–Crippen MR) is 77.7 cm³/mol. The van der Waals surface area contributed by atoms with Crippen LogP contribution < -0.4 is 5.32 Å². The van der Waals surface area contributed by atoms with Gasteiger partial charge in [0, 0.05) is 6.04 Å². The molecule has 0 spiro atoms. The summed E-state index contributed by atoms with van der Waals surface area (Å²) in [6, 6.07) is 11.7. The Labute approximate surface area is 125 Å². The predicted octanol–water partition coefficient (Wildman–Crippen LogP) is 4.94. The van der Waals surface area contributed by atoms with Crippen molar-refractivity contribution in [1.82, 2.24) is 0 Å². The van der Waals surface area contributed by atoms with Gasteiger partial charge in [-0.1, -0.05) is 41.9 Å².